The van der Waals surface area contributed by atoms with Crippen LogP contribution in [-0.4, -0.2) is 38.6 Å². The summed E-state index contributed by atoms with van der Waals surface area (Å²) in [6.07, 6.45) is 5.99. The second kappa shape index (κ2) is 8.75. The summed E-state index contributed by atoms with van der Waals surface area (Å²) in [6, 6.07) is 5.26. The fraction of sp³-hybridized carbons (Fsp3) is 0.632. The van der Waals surface area contributed by atoms with Gasteiger partial charge in [-0.3, -0.25) is 4.79 Å². The van der Waals surface area contributed by atoms with Gasteiger partial charge < -0.3 is 13.8 Å². The zero-order valence-corrected chi connectivity index (χ0v) is 16.8. The van der Waals surface area contributed by atoms with Crippen LogP contribution >= 0.6 is 0 Å². The molecule has 1 aliphatic rings. The van der Waals surface area contributed by atoms with Gasteiger partial charge in [0.05, 0.1) is 13.4 Å². The van der Waals surface area contributed by atoms with Crippen LogP contribution in [-0.2, 0) is 21.5 Å². The molecule has 1 amide bonds. The Morgan fingerprint density at radius 2 is 1.92 bits per heavy atom. The van der Waals surface area contributed by atoms with Crippen molar-refractivity contribution in [1.82, 2.24) is 4.90 Å². The summed E-state index contributed by atoms with van der Waals surface area (Å²) < 4.78 is 33.2. The smallest absolute Gasteiger partial charge is 0.306 e. The Labute approximate surface area is 156 Å². The van der Waals surface area contributed by atoms with E-state index in [1.807, 2.05) is 17.9 Å². The van der Waals surface area contributed by atoms with Crippen LogP contribution in [0, 0.1) is 5.92 Å². The Bertz CT molecular complexity index is 725. The average Bonchev–Trinajstić information content (AvgIpc) is 3.12. The monoisotopic (exact) mass is 383 g/mol. The second-order valence-electron chi connectivity index (χ2n) is 6.98. The first kappa shape index (κ1) is 20.6. The third-order valence-electron chi connectivity index (χ3n) is 4.93. The van der Waals surface area contributed by atoms with Crippen molar-refractivity contribution >= 4 is 16.0 Å². The zero-order valence-electron chi connectivity index (χ0n) is 16.0. The number of benzene rings is 1. The molecule has 0 aromatic heterocycles. The standard InChI is InChI=1S/C19H29NO5S/c1-5-14(2)20(19(21)16-8-6-7-9-16)13-15-10-11-17(24-3)18(12-15)25-26(4,22)23/h10-12,14,16H,5-9,13H2,1-4H3. The molecule has 146 valence electrons. The van der Waals surface area contributed by atoms with E-state index < -0.39 is 10.1 Å². The fourth-order valence-electron chi connectivity index (χ4n) is 3.32. The number of carbonyl (C=O) groups excluding carboxylic acids is 1. The van der Waals surface area contributed by atoms with Crippen LogP contribution in [0.4, 0.5) is 0 Å². The maximum absolute atomic E-state index is 13.0. The molecule has 0 saturated heterocycles. The molecule has 6 nitrogen and oxygen atoms in total. The van der Waals surface area contributed by atoms with Gasteiger partial charge in [0.2, 0.25) is 5.91 Å². The summed E-state index contributed by atoms with van der Waals surface area (Å²) in [5, 5.41) is 0. The van der Waals surface area contributed by atoms with E-state index in [1.165, 1.54) is 7.11 Å². The summed E-state index contributed by atoms with van der Waals surface area (Å²) >= 11 is 0. The topological polar surface area (TPSA) is 72.9 Å². The van der Waals surface area contributed by atoms with Crippen molar-refractivity contribution in [3.8, 4) is 11.5 Å². The van der Waals surface area contributed by atoms with Crippen LogP contribution in [0.5, 0.6) is 11.5 Å². The van der Waals surface area contributed by atoms with Gasteiger partial charge in [0.15, 0.2) is 11.5 Å². The van der Waals surface area contributed by atoms with Gasteiger partial charge in [0.25, 0.3) is 0 Å². The van der Waals surface area contributed by atoms with E-state index >= 15 is 0 Å². The molecule has 0 N–H and O–H groups in total. The van der Waals surface area contributed by atoms with E-state index in [2.05, 4.69) is 6.92 Å². The summed E-state index contributed by atoms with van der Waals surface area (Å²) in [4.78, 5) is 14.9. The van der Waals surface area contributed by atoms with Gasteiger partial charge in [-0.1, -0.05) is 25.8 Å². The van der Waals surface area contributed by atoms with Gasteiger partial charge >= 0.3 is 10.1 Å². The SMILES string of the molecule is CCC(C)N(Cc1ccc(OC)c(OS(C)(=O)=O)c1)C(=O)C1CCCC1. The van der Waals surface area contributed by atoms with Crippen molar-refractivity contribution in [2.75, 3.05) is 13.4 Å². The molecule has 1 aromatic rings. The number of amides is 1. The largest absolute Gasteiger partial charge is 0.493 e. The maximum atomic E-state index is 13.0. The zero-order chi connectivity index (χ0) is 19.3. The first-order valence-electron chi connectivity index (χ1n) is 9.12. The van der Waals surface area contributed by atoms with Gasteiger partial charge in [-0.2, -0.15) is 8.42 Å². The predicted molar refractivity (Wildman–Crippen MR) is 101 cm³/mol. The first-order valence-corrected chi connectivity index (χ1v) is 10.9. The summed E-state index contributed by atoms with van der Waals surface area (Å²) in [5.74, 6) is 0.786. The number of hydrogen-bond donors (Lipinski definition) is 0. The molecule has 26 heavy (non-hydrogen) atoms. The number of hydrogen-bond acceptors (Lipinski definition) is 5. The van der Waals surface area contributed by atoms with Crippen LogP contribution in [0.25, 0.3) is 0 Å². The Hall–Kier alpha value is -1.76. The van der Waals surface area contributed by atoms with Crippen molar-refractivity contribution in [1.29, 1.82) is 0 Å². The predicted octanol–water partition coefficient (Wildman–Crippen LogP) is 3.35. The molecule has 0 aliphatic heterocycles. The van der Waals surface area contributed by atoms with Gasteiger partial charge in [0, 0.05) is 18.5 Å². The van der Waals surface area contributed by atoms with Crippen molar-refractivity contribution in [3.63, 3.8) is 0 Å². The fourth-order valence-corrected chi connectivity index (χ4v) is 3.78. The minimum Gasteiger partial charge on any atom is -0.493 e. The molecule has 1 aliphatic carbocycles. The van der Waals surface area contributed by atoms with Crippen LogP contribution in [0.2, 0.25) is 0 Å². The molecule has 1 saturated carbocycles. The van der Waals surface area contributed by atoms with E-state index in [1.54, 1.807) is 12.1 Å². The molecule has 1 atom stereocenters. The van der Waals surface area contributed by atoms with Crippen molar-refractivity contribution in [3.05, 3.63) is 23.8 Å². The maximum Gasteiger partial charge on any atom is 0.306 e. The molecule has 0 heterocycles. The summed E-state index contributed by atoms with van der Waals surface area (Å²) in [6.45, 7) is 4.53. The quantitative estimate of drug-likeness (QED) is 0.644. The number of methoxy groups -OCH3 is 1. The van der Waals surface area contributed by atoms with E-state index in [9.17, 15) is 13.2 Å². The molecule has 7 heteroatoms. The third kappa shape index (κ3) is 5.37. The lowest BCUT2D eigenvalue weighted by molar-refractivity contribution is -0.138. The van der Waals surface area contributed by atoms with Crippen LogP contribution < -0.4 is 8.92 Å². The van der Waals surface area contributed by atoms with Crippen LogP contribution in [0.1, 0.15) is 51.5 Å². The summed E-state index contributed by atoms with van der Waals surface area (Å²) in [7, 11) is -2.21. The summed E-state index contributed by atoms with van der Waals surface area (Å²) in [5.41, 5.74) is 0.816. The van der Waals surface area contributed by atoms with Gasteiger partial charge in [-0.15, -0.1) is 0 Å². The van der Waals surface area contributed by atoms with Crippen LogP contribution in [0.3, 0.4) is 0 Å². The number of carbonyl (C=O) groups is 1. The lowest BCUT2D eigenvalue weighted by Crippen LogP contribution is -2.40. The molecule has 1 unspecified atom stereocenters. The normalized spacial score (nSPS) is 16.3. The third-order valence-corrected chi connectivity index (χ3v) is 5.41. The first-order chi connectivity index (χ1) is 12.2. The van der Waals surface area contributed by atoms with Crippen molar-refractivity contribution in [2.24, 2.45) is 5.92 Å². The Kier molecular flexibility index (Phi) is 6.92. The average molecular weight is 384 g/mol. The highest BCUT2D eigenvalue weighted by Crippen LogP contribution is 2.32. The molecule has 1 fully saturated rings. The Morgan fingerprint density at radius 1 is 1.27 bits per heavy atom. The van der Waals surface area contributed by atoms with E-state index in [0.717, 1.165) is 43.9 Å². The van der Waals surface area contributed by atoms with Gasteiger partial charge in [0.1, 0.15) is 0 Å². The molecule has 1 aromatic carbocycles. The van der Waals surface area contributed by atoms with E-state index in [-0.39, 0.29) is 23.6 Å². The Balaban J connectivity index is 2.26. The van der Waals surface area contributed by atoms with Crippen molar-refractivity contribution < 1.29 is 22.1 Å². The van der Waals surface area contributed by atoms with Crippen molar-refractivity contribution in [2.45, 2.75) is 58.5 Å². The van der Waals surface area contributed by atoms with E-state index in [0.29, 0.717) is 12.3 Å². The van der Waals surface area contributed by atoms with Crippen LogP contribution in [0.15, 0.2) is 18.2 Å². The second-order valence-corrected chi connectivity index (χ2v) is 8.55. The number of nitrogens with zero attached hydrogens (tertiary/aromatic N) is 1. The lowest BCUT2D eigenvalue weighted by atomic mass is 10.0. The highest BCUT2D eigenvalue weighted by atomic mass is 32.2. The van der Waals surface area contributed by atoms with E-state index in [4.69, 9.17) is 8.92 Å². The number of ether oxygens (including phenoxy) is 1. The highest BCUT2D eigenvalue weighted by Gasteiger charge is 2.29. The number of rotatable bonds is 8. The molecular formula is C19H29NO5S. The lowest BCUT2D eigenvalue weighted by Gasteiger charge is -2.31. The molecule has 0 bridgehead atoms. The minimum atomic E-state index is -3.67. The molecular weight excluding hydrogens is 354 g/mol. The van der Waals surface area contributed by atoms with Gasteiger partial charge in [-0.05, 0) is 43.9 Å². The highest BCUT2D eigenvalue weighted by molar-refractivity contribution is 7.86. The molecule has 0 radical (unpaired) electrons. The molecule has 0 spiro atoms. The van der Waals surface area contributed by atoms with Gasteiger partial charge in [-0.25, -0.2) is 0 Å². The Morgan fingerprint density at radius 3 is 2.46 bits per heavy atom. The minimum absolute atomic E-state index is 0.106. The molecule has 2 rings (SSSR count).